The molecule has 0 bridgehead atoms. The second-order valence-electron chi connectivity index (χ2n) is 9.08. The molecule has 1 N–H and O–H groups in total. The van der Waals surface area contributed by atoms with Crippen molar-refractivity contribution in [1.82, 2.24) is 10.2 Å². The molecule has 0 unspecified atom stereocenters. The molecule has 2 rings (SSSR count). The van der Waals surface area contributed by atoms with Gasteiger partial charge >= 0.3 is 0 Å². The molecule has 0 fully saturated rings. The third-order valence-electron chi connectivity index (χ3n) is 5.70. The van der Waals surface area contributed by atoms with E-state index in [0.717, 1.165) is 17.4 Å². The van der Waals surface area contributed by atoms with Crippen molar-refractivity contribution in [2.24, 2.45) is 0 Å². The maximum absolute atomic E-state index is 13.3. The van der Waals surface area contributed by atoms with Crippen LogP contribution in [0.15, 0.2) is 42.5 Å². The van der Waals surface area contributed by atoms with E-state index in [1.807, 2.05) is 26.0 Å². The summed E-state index contributed by atoms with van der Waals surface area (Å²) in [7, 11) is -2.02. The number of aryl methyl sites for hydroxylation is 1. The van der Waals surface area contributed by atoms with E-state index in [1.54, 1.807) is 51.3 Å². The minimum absolute atomic E-state index is 0.0675. The van der Waals surface area contributed by atoms with E-state index in [0.29, 0.717) is 16.5 Å². The normalized spacial score (nSPS) is 12.2. The molecule has 0 heterocycles. The second kappa shape index (κ2) is 13.0. The topological polar surface area (TPSA) is 96.0 Å². The number of hydrogen-bond acceptors (Lipinski definition) is 5. The van der Waals surface area contributed by atoms with Crippen molar-refractivity contribution >= 4 is 39.1 Å². The highest BCUT2D eigenvalue weighted by molar-refractivity contribution is 7.92. The van der Waals surface area contributed by atoms with Crippen LogP contribution < -0.4 is 14.4 Å². The van der Waals surface area contributed by atoms with Crippen molar-refractivity contribution in [2.45, 2.75) is 59.2 Å². The molecule has 10 heteroatoms. The third-order valence-corrected chi connectivity index (χ3v) is 7.12. The Morgan fingerprint density at radius 3 is 2.28 bits per heavy atom. The van der Waals surface area contributed by atoms with Gasteiger partial charge in [-0.15, -0.1) is 0 Å². The Balaban J connectivity index is 2.20. The van der Waals surface area contributed by atoms with E-state index < -0.39 is 16.1 Å². The number of methoxy groups -OCH3 is 1. The largest absolute Gasteiger partial charge is 0.497 e. The molecule has 0 aliphatic carbocycles. The fraction of sp³-hybridized carbons (Fsp3) is 0.462. The number of nitrogens with zero attached hydrogens (tertiary/aromatic N) is 2. The van der Waals surface area contributed by atoms with E-state index in [2.05, 4.69) is 5.32 Å². The molecule has 0 saturated carbocycles. The molecule has 0 aliphatic heterocycles. The molecule has 0 radical (unpaired) electrons. The second-order valence-corrected chi connectivity index (χ2v) is 11.4. The zero-order valence-electron chi connectivity index (χ0n) is 21.7. The summed E-state index contributed by atoms with van der Waals surface area (Å²) >= 11 is 6.11. The van der Waals surface area contributed by atoms with Crippen LogP contribution in [0.1, 0.15) is 44.7 Å². The number of anilines is 1. The van der Waals surface area contributed by atoms with Gasteiger partial charge in [0.1, 0.15) is 11.8 Å². The van der Waals surface area contributed by atoms with Crippen LogP contribution in [0.5, 0.6) is 5.75 Å². The first-order chi connectivity index (χ1) is 16.8. The molecule has 2 aromatic rings. The molecule has 0 spiro atoms. The zero-order chi connectivity index (χ0) is 27.0. The Bertz CT molecular complexity index is 1150. The Labute approximate surface area is 219 Å². The van der Waals surface area contributed by atoms with Crippen molar-refractivity contribution in [3.63, 3.8) is 0 Å². The molecule has 0 aliphatic rings. The molecule has 0 saturated heterocycles. The third kappa shape index (κ3) is 8.41. The first-order valence-corrected chi connectivity index (χ1v) is 14.0. The van der Waals surface area contributed by atoms with Gasteiger partial charge in [0.2, 0.25) is 21.8 Å². The highest BCUT2D eigenvalue weighted by atomic mass is 35.5. The molecular formula is C26H36ClN3O5S. The monoisotopic (exact) mass is 537 g/mol. The van der Waals surface area contributed by atoms with Crippen molar-refractivity contribution in [3.05, 3.63) is 58.6 Å². The van der Waals surface area contributed by atoms with Crippen molar-refractivity contribution in [3.8, 4) is 5.75 Å². The summed E-state index contributed by atoms with van der Waals surface area (Å²) in [6.45, 7) is 7.56. The number of benzene rings is 2. The van der Waals surface area contributed by atoms with Crippen LogP contribution in [0.4, 0.5) is 5.69 Å². The van der Waals surface area contributed by atoms with E-state index in [9.17, 15) is 18.0 Å². The van der Waals surface area contributed by atoms with Crippen LogP contribution in [0, 0.1) is 6.92 Å². The van der Waals surface area contributed by atoms with E-state index in [1.165, 1.54) is 9.21 Å². The zero-order valence-corrected chi connectivity index (χ0v) is 23.3. The average molecular weight is 538 g/mol. The van der Waals surface area contributed by atoms with Crippen molar-refractivity contribution < 1.29 is 22.7 Å². The molecule has 36 heavy (non-hydrogen) atoms. The minimum Gasteiger partial charge on any atom is -0.497 e. The summed E-state index contributed by atoms with van der Waals surface area (Å²) in [5.41, 5.74) is 2.09. The maximum Gasteiger partial charge on any atom is 0.242 e. The molecule has 8 nitrogen and oxygen atoms in total. The molecule has 1 atom stereocenters. The van der Waals surface area contributed by atoms with Gasteiger partial charge in [-0.1, -0.05) is 29.8 Å². The van der Waals surface area contributed by atoms with Gasteiger partial charge in [0.05, 0.1) is 19.1 Å². The van der Waals surface area contributed by atoms with Crippen LogP contribution >= 0.6 is 11.6 Å². The number of carbonyl (C=O) groups is 2. The van der Waals surface area contributed by atoms with E-state index in [-0.39, 0.29) is 43.8 Å². The van der Waals surface area contributed by atoms with Crippen molar-refractivity contribution in [1.29, 1.82) is 0 Å². The molecular weight excluding hydrogens is 502 g/mol. The lowest BCUT2D eigenvalue weighted by atomic mass is 10.1. The summed E-state index contributed by atoms with van der Waals surface area (Å²) in [5.74, 6) is 0.201. The van der Waals surface area contributed by atoms with Gasteiger partial charge in [0, 0.05) is 30.6 Å². The van der Waals surface area contributed by atoms with Gasteiger partial charge in [0.15, 0.2) is 0 Å². The number of hydrogen-bond donors (Lipinski definition) is 1. The average Bonchev–Trinajstić information content (AvgIpc) is 2.80. The Kier molecular flexibility index (Phi) is 10.6. The molecule has 198 valence electrons. The summed E-state index contributed by atoms with van der Waals surface area (Å²) in [5, 5.41) is 3.28. The van der Waals surface area contributed by atoms with Crippen LogP contribution in [0.3, 0.4) is 0 Å². The first kappa shape index (κ1) is 29.5. The summed E-state index contributed by atoms with van der Waals surface area (Å²) in [6.07, 6.45) is 1.47. The summed E-state index contributed by atoms with van der Waals surface area (Å²) in [4.78, 5) is 27.6. The van der Waals surface area contributed by atoms with Gasteiger partial charge in [0.25, 0.3) is 0 Å². The lowest BCUT2D eigenvalue weighted by Crippen LogP contribution is -2.49. The van der Waals surface area contributed by atoms with Gasteiger partial charge in [-0.3, -0.25) is 13.9 Å². The number of ether oxygens (including phenoxy) is 1. The van der Waals surface area contributed by atoms with Crippen LogP contribution in [-0.4, -0.2) is 57.1 Å². The highest BCUT2D eigenvalue weighted by Gasteiger charge is 2.27. The Hall–Kier alpha value is -2.78. The van der Waals surface area contributed by atoms with E-state index in [4.69, 9.17) is 16.3 Å². The Morgan fingerprint density at radius 2 is 1.72 bits per heavy atom. The minimum atomic E-state index is -3.60. The first-order valence-electron chi connectivity index (χ1n) is 11.8. The number of amides is 2. The van der Waals surface area contributed by atoms with Gasteiger partial charge in [-0.05, 0) is 69.5 Å². The molecule has 0 aromatic heterocycles. The standard InChI is InChI=1S/C26H36ClN3O5S/c1-18(2)28-26(32)20(4)29(17-21-10-13-23(35-5)14-11-21)25(31)8-7-15-30(36(6,33)34)24-16-22(27)12-9-19(24)3/h9-14,16,18,20H,7-8,15,17H2,1-6H3,(H,28,32)/t20-/m1/s1. The van der Waals surface area contributed by atoms with Crippen LogP contribution in [0.2, 0.25) is 5.02 Å². The lowest BCUT2D eigenvalue weighted by Gasteiger charge is -2.30. The number of nitrogens with one attached hydrogen (secondary N) is 1. The van der Waals surface area contributed by atoms with E-state index >= 15 is 0 Å². The Morgan fingerprint density at radius 1 is 1.08 bits per heavy atom. The number of rotatable bonds is 12. The van der Waals surface area contributed by atoms with Crippen LogP contribution in [0.25, 0.3) is 0 Å². The quantitative estimate of drug-likeness (QED) is 0.439. The van der Waals surface area contributed by atoms with Gasteiger partial charge in [-0.2, -0.15) is 0 Å². The number of carbonyl (C=O) groups excluding carboxylic acids is 2. The van der Waals surface area contributed by atoms with Crippen LogP contribution in [-0.2, 0) is 26.2 Å². The fourth-order valence-corrected chi connectivity index (χ4v) is 4.93. The van der Waals surface area contributed by atoms with Gasteiger partial charge in [-0.25, -0.2) is 8.42 Å². The number of sulfonamides is 1. The van der Waals surface area contributed by atoms with Crippen molar-refractivity contribution in [2.75, 3.05) is 24.2 Å². The summed E-state index contributed by atoms with van der Waals surface area (Å²) < 4.78 is 31.5. The summed E-state index contributed by atoms with van der Waals surface area (Å²) in [6, 6.07) is 11.6. The lowest BCUT2D eigenvalue weighted by molar-refractivity contribution is -0.140. The van der Waals surface area contributed by atoms with Gasteiger partial charge < -0.3 is 15.0 Å². The fourth-order valence-electron chi connectivity index (χ4n) is 3.75. The SMILES string of the molecule is COc1ccc(CN(C(=O)CCCN(c2cc(Cl)ccc2C)S(C)(=O)=O)[C@H](C)C(=O)NC(C)C)cc1. The highest BCUT2D eigenvalue weighted by Crippen LogP contribution is 2.27. The predicted octanol–water partition coefficient (Wildman–Crippen LogP) is 4.15. The maximum atomic E-state index is 13.3. The molecule has 2 amide bonds. The molecule has 2 aromatic carbocycles. The predicted molar refractivity (Wildman–Crippen MR) is 144 cm³/mol. The smallest absolute Gasteiger partial charge is 0.242 e. The number of halogens is 1.